The van der Waals surface area contributed by atoms with E-state index in [1.54, 1.807) is 0 Å². The Balaban J connectivity index is 1.63. The highest BCUT2D eigenvalue weighted by Gasteiger charge is 2.23. The monoisotopic (exact) mass is 352 g/mol. The lowest BCUT2D eigenvalue weighted by molar-refractivity contribution is 0.0938. The fraction of sp³-hybridized carbons (Fsp3) is 0.409. The molecule has 0 saturated carbocycles. The molecule has 1 saturated heterocycles. The average Bonchev–Trinajstić information content (AvgIpc) is 3.17. The molecule has 0 aromatic heterocycles. The van der Waals surface area contributed by atoms with Gasteiger partial charge in [-0.15, -0.1) is 0 Å². The highest BCUT2D eigenvalue weighted by Crippen LogP contribution is 2.24. The quantitative estimate of drug-likeness (QED) is 0.818. The maximum atomic E-state index is 12.6. The smallest absolute Gasteiger partial charge is 0.251 e. The number of nitrogens with zero attached hydrogens (tertiary/aromatic N) is 1. The molecular weight excluding hydrogens is 324 g/mol. The number of carbonyl (C=O) groups is 1. The number of rotatable bonds is 7. The van der Waals surface area contributed by atoms with Crippen LogP contribution in [0.3, 0.4) is 0 Å². The van der Waals surface area contributed by atoms with Crippen LogP contribution in [0.5, 0.6) is 5.75 Å². The summed E-state index contributed by atoms with van der Waals surface area (Å²) in [6, 6.07) is 18.0. The number of carbonyl (C=O) groups excluding carboxylic acids is 1. The van der Waals surface area contributed by atoms with Crippen molar-refractivity contribution in [3.8, 4) is 5.75 Å². The van der Waals surface area contributed by atoms with Gasteiger partial charge < -0.3 is 10.1 Å². The van der Waals surface area contributed by atoms with Crippen molar-refractivity contribution < 1.29 is 9.53 Å². The maximum Gasteiger partial charge on any atom is 0.251 e. The molecule has 0 bridgehead atoms. The summed E-state index contributed by atoms with van der Waals surface area (Å²) in [5.74, 6) is 0.747. The van der Waals surface area contributed by atoms with Gasteiger partial charge in [0.15, 0.2) is 0 Å². The van der Waals surface area contributed by atoms with Gasteiger partial charge in [-0.3, -0.25) is 9.69 Å². The largest absolute Gasteiger partial charge is 0.491 e. The minimum Gasteiger partial charge on any atom is -0.491 e. The van der Waals surface area contributed by atoms with Crippen LogP contribution in [0.25, 0.3) is 0 Å². The Morgan fingerprint density at radius 1 is 1.04 bits per heavy atom. The molecule has 3 rings (SSSR count). The van der Waals surface area contributed by atoms with Gasteiger partial charge in [0.1, 0.15) is 5.75 Å². The first-order valence-electron chi connectivity index (χ1n) is 9.47. The van der Waals surface area contributed by atoms with Crippen molar-refractivity contribution in [1.29, 1.82) is 0 Å². The summed E-state index contributed by atoms with van der Waals surface area (Å²) in [6.45, 7) is 6.78. The first-order valence-corrected chi connectivity index (χ1v) is 9.47. The van der Waals surface area contributed by atoms with Crippen LogP contribution in [0, 0.1) is 0 Å². The molecule has 4 heteroatoms. The van der Waals surface area contributed by atoms with Gasteiger partial charge in [0.05, 0.1) is 12.1 Å². The minimum absolute atomic E-state index is 0.0405. The van der Waals surface area contributed by atoms with Crippen molar-refractivity contribution in [1.82, 2.24) is 10.2 Å². The standard InChI is InChI=1S/C22H28N2O2/c1-17(2)26-20-12-10-19(11-13-20)22(25)23-16-21(24-14-6-7-15-24)18-8-4-3-5-9-18/h3-5,8-13,17,21H,6-7,14-16H2,1-2H3,(H,23,25). The van der Waals surface area contributed by atoms with Gasteiger partial charge in [-0.1, -0.05) is 30.3 Å². The number of amides is 1. The van der Waals surface area contributed by atoms with E-state index >= 15 is 0 Å². The summed E-state index contributed by atoms with van der Waals surface area (Å²) in [4.78, 5) is 15.0. The number of hydrogen-bond acceptors (Lipinski definition) is 3. The Morgan fingerprint density at radius 2 is 1.69 bits per heavy atom. The summed E-state index contributed by atoms with van der Waals surface area (Å²) in [7, 11) is 0. The van der Waals surface area contributed by atoms with E-state index in [-0.39, 0.29) is 18.1 Å². The minimum atomic E-state index is -0.0405. The van der Waals surface area contributed by atoms with Gasteiger partial charge in [-0.05, 0) is 69.6 Å². The Kier molecular flexibility index (Phi) is 6.29. The fourth-order valence-corrected chi connectivity index (χ4v) is 3.43. The maximum absolute atomic E-state index is 12.6. The van der Waals surface area contributed by atoms with Gasteiger partial charge in [0.25, 0.3) is 5.91 Å². The van der Waals surface area contributed by atoms with E-state index < -0.39 is 0 Å². The predicted octanol–water partition coefficient (Wildman–Crippen LogP) is 4.04. The van der Waals surface area contributed by atoms with E-state index in [1.807, 2.05) is 44.2 Å². The van der Waals surface area contributed by atoms with Gasteiger partial charge in [-0.2, -0.15) is 0 Å². The Bertz CT molecular complexity index is 692. The molecule has 26 heavy (non-hydrogen) atoms. The molecule has 1 unspecified atom stereocenters. The summed E-state index contributed by atoms with van der Waals surface area (Å²) in [5.41, 5.74) is 1.92. The van der Waals surface area contributed by atoms with Gasteiger partial charge in [0, 0.05) is 12.1 Å². The van der Waals surface area contributed by atoms with Crippen LogP contribution in [-0.4, -0.2) is 36.5 Å². The first kappa shape index (κ1) is 18.5. The molecule has 1 fully saturated rings. The van der Waals surface area contributed by atoms with Crippen LogP contribution in [0.1, 0.15) is 48.7 Å². The van der Waals surface area contributed by atoms with E-state index in [4.69, 9.17) is 4.74 Å². The molecule has 1 aliphatic heterocycles. The summed E-state index contributed by atoms with van der Waals surface area (Å²) >= 11 is 0. The van der Waals surface area contributed by atoms with Gasteiger partial charge >= 0.3 is 0 Å². The third-order valence-corrected chi connectivity index (χ3v) is 4.71. The SMILES string of the molecule is CC(C)Oc1ccc(C(=O)NCC(c2ccccc2)N2CCCC2)cc1. The van der Waals surface area contributed by atoms with Gasteiger partial charge in [0.2, 0.25) is 0 Å². The topological polar surface area (TPSA) is 41.6 Å². The normalized spacial score (nSPS) is 15.8. The zero-order valence-electron chi connectivity index (χ0n) is 15.7. The van der Waals surface area contributed by atoms with Gasteiger partial charge in [-0.25, -0.2) is 0 Å². The molecule has 1 N–H and O–H groups in total. The van der Waals surface area contributed by atoms with E-state index in [0.29, 0.717) is 12.1 Å². The lowest BCUT2D eigenvalue weighted by Gasteiger charge is -2.28. The van der Waals surface area contributed by atoms with Crippen LogP contribution in [0.15, 0.2) is 54.6 Å². The number of benzene rings is 2. The molecule has 4 nitrogen and oxygen atoms in total. The third-order valence-electron chi connectivity index (χ3n) is 4.71. The number of hydrogen-bond donors (Lipinski definition) is 1. The summed E-state index contributed by atoms with van der Waals surface area (Å²) in [5, 5.41) is 3.11. The Morgan fingerprint density at radius 3 is 2.31 bits per heavy atom. The zero-order chi connectivity index (χ0) is 18.4. The number of ether oxygens (including phenoxy) is 1. The highest BCUT2D eigenvalue weighted by atomic mass is 16.5. The number of likely N-dealkylation sites (tertiary alicyclic amines) is 1. The van der Waals surface area contributed by atoms with Crippen LogP contribution >= 0.6 is 0 Å². The molecule has 2 aromatic rings. The predicted molar refractivity (Wildman–Crippen MR) is 105 cm³/mol. The lowest BCUT2D eigenvalue weighted by atomic mass is 10.1. The van der Waals surface area contributed by atoms with E-state index in [2.05, 4.69) is 34.5 Å². The lowest BCUT2D eigenvalue weighted by Crippen LogP contribution is -2.36. The first-order chi connectivity index (χ1) is 12.6. The molecule has 2 aromatic carbocycles. The molecular formula is C22H28N2O2. The Labute approximate surface area is 156 Å². The molecule has 1 aliphatic rings. The second kappa shape index (κ2) is 8.86. The second-order valence-corrected chi connectivity index (χ2v) is 7.07. The fourth-order valence-electron chi connectivity index (χ4n) is 3.43. The molecule has 1 amide bonds. The van der Waals surface area contributed by atoms with Crippen molar-refractivity contribution in [3.05, 3.63) is 65.7 Å². The van der Waals surface area contributed by atoms with Crippen LogP contribution in [-0.2, 0) is 0 Å². The second-order valence-electron chi connectivity index (χ2n) is 7.07. The molecule has 0 radical (unpaired) electrons. The number of nitrogens with one attached hydrogen (secondary N) is 1. The zero-order valence-corrected chi connectivity index (χ0v) is 15.7. The van der Waals surface area contributed by atoms with Crippen molar-refractivity contribution in [3.63, 3.8) is 0 Å². The Hall–Kier alpha value is -2.33. The highest BCUT2D eigenvalue weighted by molar-refractivity contribution is 5.94. The summed E-state index contributed by atoms with van der Waals surface area (Å²) < 4.78 is 5.63. The van der Waals surface area contributed by atoms with Crippen molar-refractivity contribution in [2.45, 2.75) is 38.8 Å². The van der Waals surface area contributed by atoms with Crippen LogP contribution in [0.4, 0.5) is 0 Å². The van der Waals surface area contributed by atoms with E-state index in [0.717, 1.165) is 18.8 Å². The third kappa shape index (κ3) is 4.85. The average molecular weight is 352 g/mol. The van der Waals surface area contributed by atoms with Crippen molar-refractivity contribution >= 4 is 5.91 Å². The molecule has 1 heterocycles. The molecule has 1 atom stereocenters. The van der Waals surface area contributed by atoms with E-state index in [9.17, 15) is 4.79 Å². The van der Waals surface area contributed by atoms with Crippen LogP contribution < -0.4 is 10.1 Å². The summed E-state index contributed by atoms with van der Waals surface area (Å²) in [6.07, 6.45) is 2.59. The van der Waals surface area contributed by atoms with Crippen molar-refractivity contribution in [2.24, 2.45) is 0 Å². The van der Waals surface area contributed by atoms with Crippen molar-refractivity contribution in [2.75, 3.05) is 19.6 Å². The molecule has 0 aliphatic carbocycles. The molecule has 138 valence electrons. The van der Waals surface area contributed by atoms with Crippen LogP contribution in [0.2, 0.25) is 0 Å². The van der Waals surface area contributed by atoms with E-state index in [1.165, 1.54) is 18.4 Å². The molecule has 0 spiro atoms.